The second kappa shape index (κ2) is 9.04. The van der Waals surface area contributed by atoms with Crippen molar-refractivity contribution < 1.29 is 9.90 Å². The Kier molecular flexibility index (Phi) is 7.06. The number of carbonyl (C=O) groups is 1. The maximum absolute atomic E-state index is 12.4. The Hall–Kier alpha value is -1.59. The summed E-state index contributed by atoms with van der Waals surface area (Å²) in [5.74, 6) is 0.746. The summed E-state index contributed by atoms with van der Waals surface area (Å²) in [5, 5.41) is 9.46. The van der Waals surface area contributed by atoms with Gasteiger partial charge in [0.05, 0.1) is 6.10 Å². The summed E-state index contributed by atoms with van der Waals surface area (Å²) in [6.07, 6.45) is 3.12. The maximum Gasteiger partial charge on any atom is 0.222 e. The predicted molar refractivity (Wildman–Crippen MR) is 97.7 cm³/mol. The molecular formula is C19H31N3O2. The van der Waals surface area contributed by atoms with Gasteiger partial charge < -0.3 is 20.6 Å². The molecule has 1 saturated heterocycles. The summed E-state index contributed by atoms with van der Waals surface area (Å²) in [5.41, 5.74) is 7.74. The smallest absolute Gasteiger partial charge is 0.222 e. The number of nitrogen functional groups attached to an aromatic ring is 1. The Labute approximate surface area is 145 Å². The van der Waals surface area contributed by atoms with Gasteiger partial charge in [-0.05, 0) is 56.8 Å². The lowest BCUT2D eigenvalue weighted by Gasteiger charge is -2.34. The molecule has 1 unspecified atom stereocenters. The van der Waals surface area contributed by atoms with E-state index in [0.29, 0.717) is 18.8 Å². The average Bonchev–Trinajstić information content (AvgIpc) is 2.55. The fourth-order valence-electron chi connectivity index (χ4n) is 3.41. The van der Waals surface area contributed by atoms with Crippen LogP contribution in [0, 0.1) is 5.92 Å². The molecule has 1 aliphatic heterocycles. The first kappa shape index (κ1) is 18.7. The second-order valence-electron chi connectivity index (χ2n) is 7.07. The standard InChI is InChI=1S/C19H31N3O2/c1-15(23)13-22-11-9-16(10-12-22)14-21(2)19(24)8-7-17-5-3-4-6-18(17)20/h3-6,15-16,23H,7-14,20H2,1-2H3. The van der Waals surface area contributed by atoms with Crippen molar-refractivity contribution in [2.45, 2.75) is 38.7 Å². The number of rotatable bonds is 7. The molecule has 3 N–H and O–H groups in total. The SMILES string of the molecule is CC(O)CN1CCC(CN(C)C(=O)CCc2ccccc2N)CC1. The van der Waals surface area contributed by atoms with Gasteiger partial charge in [0.25, 0.3) is 0 Å². The van der Waals surface area contributed by atoms with Crippen LogP contribution < -0.4 is 5.73 Å². The number of benzene rings is 1. The number of piperidine rings is 1. The van der Waals surface area contributed by atoms with Crippen LogP contribution in [0.5, 0.6) is 0 Å². The predicted octanol–water partition coefficient (Wildman–Crippen LogP) is 1.75. The summed E-state index contributed by atoms with van der Waals surface area (Å²) >= 11 is 0. The number of amides is 1. The van der Waals surface area contributed by atoms with Crippen LogP contribution in [0.1, 0.15) is 31.7 Å². The third-order valence-corrected chi connectivity index (χ3v) is 4.85. The van der Waals surface area contributed by atoms with Crippen LogP contribution in [0.4, 0.5) is 5.69 Å². The Morgan fingerprint density at radius 1 is 1.38 bits per heavy atom. The number of aryl methyl sites for hydroxylation is 1. The van der Waals surface area contributed by atoms with Crippen molar-refractivity contribution in [2.75, 3.05) is 39.0 Å². The van der Waals surface area contributed by atoms with Crippen molar-refractivity contribution in [2.24, 2.45) is 5.92 Å². The van der Waals surface area contributed by atoms with Crippen molar-refractivity contribution in [1.82, 2.24) is 9.80 Å². The molecule has 1 atom stereocenters. The Balaban J connectivity index is 1.71. The fourth-order valence-corrected chi connectivity index (χ4v) is 3.41. The topological polar surface area (TPSA) is 69.8 Å². The van der Waals surface area contributed by atoms with E-state index in [1.165, 1.54) is 0 Å². The first-order chi connectivity index (χ1) is 11.5. The number of anilines is 1. The first-order valence-corrected chi connectivity index (χ1v) is 8.93. The third-order valence-electron chi connectivity index (χ3n) is 4.85. The van der Waals surface area contributed by atoms with E-state index >= 15 is 0 Å². The van der Waals surface area contributed by atoms with Crippen LogP contribution in [0.2, 0.25) is 0 Å². The molecule has 5 nitrogen and oxygen atoms in total. The number of hydrogen-bond acceptors (Lipinski definition) is 4. The Bertz CT molecular complexity index is 525. The zero-order valence-electron chi connectivity index (χ0n) is 14.9. The van der Waals surface area contributed by atoms with Gasteiger partial charge in [0, 0.05) is 32.2 Å². The summed E-state index contributed by atoms with van der Waals surface area (Å²) in [7, 11) is 1.90. The number of aliphatic hydroxyl groups excluding tert-OH is 1. The third kappa shape index (κ3) is 5.80. The van der Waals surface area contributed by atoms with Crippen LogP contribution in [0.3, 0.4) is 0 Å². The van der Waals surface area contributed by atoms with Crippen LogP contribution in [0.25, 0.3) is 0 Å². The molecule has 5 heteroatoms. The largest absolute Gasteiger partial charge is 0.399 e. The highest BCUT2D eigenvalue weighted by atomic mass is 16.3. The molecule has 2 rings (SSSR count). The molecule has 24 heavy (non-hydrogen) atoms. The monoisotopic (exact) mass is 333 g/mol. The average molecular weight is 333 g/mol. The number of hydrogen-bond donors (Lipinski definition) is 2. The van der Waals surface area contributed by atoms with E-state index in [-0.39, 0.29) is 12.0 Å². The van der Waals surface area contributed by atoms with Crippen LogP contribution in [0.15, 0.2) is 24.3 Å². The van der Waals surface area contributed by atoms with Crippen LogP contribution >= 0.6 is 0 Å². The van der Waals surface area contributed by atoms with Crippen LogP contribution in [-0.2, 0) is 11.2 Å². The molecule has 1 aliphatic rings. The highest BCUT2D eigenvalue weighted by molar-refractivity contribution is 5.76. The maximum atomic E-state index is 12.4. The highest BCUT2D eigenvalue weighted by Gasteiger charge is 2.22. The van der Waals surface area contributed by atoms with Crippen molar-refractivity contribution in [3.05, 3.63) is 29.8 Å². The van der Waals surface area contributed by atoms with Gasteiger partial charge in [0.2, 0.25) is 5.91 Å². The molecule has 0 aliphatic carbocycles. The molecule has 1 aromatic rings. The normalized spacial score (nSPS) is 17.6. The molecule has 134 valence electrons. The summed E-state index contributed by atoms with van der Waals surface area (Å²) in [6.45, 7) is 5.43. The van der Waals surface area contributed by atoms with Gasteiger partial charge in [-0.15, -0.1) is 0 Å². The van der Waals surface area contributed by atoms with Crippen molar-refractivity contribution in [3.63, 3.8) is 0 Å². The summed E-state index contributed by atoms with van der Waals surface area (Å²) in [6, 6.07) is 7.74. The molecule has 0 saturated carbocycles. The minimum absolute atomic E-state index is 0.185. The Morgan fingerprint density at radius 3 is 2.67 bits per heavy atom. The van der Waals surface area contributed by atoms with Gasteiger partial charge >= 0.3 is 0 Å². The zero-order valence-corrected chi connectivity index (χ0v) is 14.9. The molecule has 0 aromatic heterocycles. The fraction of sp³-hybridized carbons (Fsp3) is 0.632. The number of likely N-dealkylation sites (tertiary alicyclic amines) is 1. The van der Waals surface area contributed by atoms with Crippen molar-refractivity contribution in [1.29, 1.82) is 0 Å². The molecule has 0 spiro atoms. The van der Waals surface area contributed by atoms with Crippen molar-refractivity contribution in [3.8, 4) is 0 Å². The molecule has 1 heterocycles. The van der Waals surface area contributed by atoms with Crippen molar-refractivity contribution >= 4 is 11.6 Å². The van der Waals surface area contributed by atoms with E-state index in [4.69, 9.17) is 5.73 Å². The number of para-hydroxylation sites is 1. The number of β-amino-alcohol motifs (C(OH)–C–C–N with tert-alkyl or cyclic N) is 1. The number of nitrogens with zero attached hydrogens (tertiary/aromatic N) is 2. The first-order valence-electron chi connectivity index (χ1n) is 8.93. The molecule has 1 fully saturated rings. The number of carbonyl (C=O) groups excluding carboxylic acids is 1. The summed E-state index contributed by atoms with van der Waals surface area (Å²) < 4.78 is 0. The minimum atomic E-state index is -0.267. The van der Waals surface area contributed by atoms with Gasteiger partial charge in [-0.2, -0.15) is 0 Å². The highest BCUT2D eigenvalue weighted by Crippen LogP contribution is 2.19. The van der Waals surface area contributed by atoms with E-state index in [9.17, 15) is 9.90 Å². The van der Waals surface area contributed by atoms with E-state index < -0.39 is 0 Å². The number of aliphatic hydroxyl groups is 1. The molecule has 0 bridgehead atoms. The van der Waals surface area contributed by atoms with E-state index in [0.717, 1.165) is 50.3 Å². The van der Waals surface area contributed by atoms with Gasteiger partial charge in [0.15, 0.2) is 0 Å². The quantitative estimate of drug-likeness (QED) is 0.746. The van der Waals surface area contributed by atoms with Crippen LogP contribution in [-0.4, -0.2) is 60.1 Å². The van der Waals surface area contributed by atoms with Gasteiger partial charge in [-0.3, -0.25) is 4.79 Å². The molecule has 1 aromatic carbocycles. The van der Waals surface area contributed by atoms with E-state index in [1.807, 2.05) is 43.1 Å². The van der Waals surface area contributed by atoms with Gasteiger partial charge in [-0.1, -0.05) is 18.2 Å². The lowest BCUT2D eigenvalue weighted by Crippen LogP contribution is -2.41. The summed E-state index contributed by atoms with van der Waals surface area (Å²) in [4.78, 5) is 16.5. The lowest BCUT2D eigenvalue weighted by molar-refractivity contribution is -0.130. The second-order valence-corrected chi connectivity index (χ2v) is 7.07. The lowest BCUT2D eigenvalue weighted by atomic mass is 9.96. The van der Waals surface area contributed by atoms with Gasteiger partial charge in [-0.25, -0.2) is 0 Å². The van der Waals surface area contributed by atoms with E-state index in [2.05, 4.69) is 4.90 Å². The zero-order chi connectivity index (χ0) is 17.5. The molecular weight excluding hydrogens is 302 g/mol. The Morgan fingerprint density at radius 2 is 2.04 bits per heavy atom. The molecule has 1 amide bonds. The van der Waals surface area contributed by atoms with Gasteiger partial charge in [0.1, 0.15) is 0 Å². The number of nitrogens with two attached hydrogens (primary N) is 1. The van der Waals surface area contributed by atoms with E-state index in [1.54, 1.807) is 0 Å². The molecule has 0 radical (unpaired) electrons. The minimum Gasteiger partial charge on any atom is -0.399 e.